The van der Waals surface area contributed by atoms with Gasteiger partial charge in [-0.25, -0.2) is 0 Å². The summed E-state index contributed by atoms with van der Waals surface area (Å²) in [4.78, 5) is 12.0. The van der Waals surface area contributed by atoms with Crippen molar-refractivity contribution in [3.05, 3.63) is 90.0 Å². The lowest BCUT2D eigenvalue weighted by molar-refractivity contribution is -0.119. The van der Waals surface area contributed by atoms with Crippen molar-refractivity contribution < 1.29 is 14.3 Å². The van der Waals surface area contributed by atoms with Crippen molar-refractivity contribution in [2.75, 3.05) is 25.0 Å². The number of nitriles is 1. The molecule has 152 valence electrons. The fourth-order valence-electron chi connectivity index (χ4n) is 2.71. The maximum Gasteiger partial charge on any atom is 0.239 e. The van der Waals surface area contributed by atoms with E-state index in [0.29, 0.717) is 31.1 Å². The van der Waals surface area contributed by atoms with Gasteiger partial charge in [-0.05, 0) is 42.0 Å². The zero-order valence-electron chi connectivity index (χ0n) is 16.5. The van der Waals surface area contributed by atoms with Gasteiger partial charge in [-0.2, -0.15) is 5.26 Å². The van der Waals surface area contributed by atoms with Gasteiger partial charge in [0.05, 0.1) is 24.7 Å². The topological polar surface area (TPSA) is 83.4 Å². The van der Waals surface area contributed by atoms with Crippen molar-refractivity contribution in [3.8, 4) is 17.6 Å². The fourth-order valence-corrected chi connectivity index (χ4v) is 2.71. The van der Waals surface area contributed by atoms with Crippen LogP contribution in [0, 0.1) is 11.3 Å². The molecule has 0 fully saturated rings. The average molecular weight is 401 g/mol. The van der Waals surface area contributed by atoms with Gasteiger partial charge < -0.3 is 20.1 Å². The molecule has 1 amide bonds. The van der Waals surface area contributed by atoms with Crippen LogP contribution in [0.5, 0.6) is 11.5 Å². The molecule has 30 heavy (non-hydrogen) atoms. The molecule has 3 rings (SSSR count). The number of benzene rings is 3. The number of hydrogen-bond acceptors (Lipinski definition) is 5. The summed E-state index contributed by atoms with van der Waals surface area (Å²) in [6, 6.07) is 26.3. The lowest BCUT2D eigenvalue weighted by Crippen LogP contribution is -2.33. The van der Waals surface area contributed by atoms with E-state index >= 15 is 0 Å². The number of nitrogens with one attached hydrogen (secondary N) is 2. The van der Waals surface area contributed by atoms with E-state index in [4.69, 9.17) is 14.7 Å². The second-order valence-electron chi connectivity index (χ2n) is 6.49. The number of hydrogen-bond donors (Lipinski definition) is 2. The standard InChI is InChI=1S/C24H23N3O3/c25-16-19-6-4-7-20(14-19)18-30-23-11-5-8-21(15-23)27-17-24(28)26-12-13-29-22-9-2-1-3-10-22/h1-11,14-15,27H,12-13,17-18H2,(H,26,28). The third kappa shape index (κ3) is 6.88. The van der Waals surface area contributed by atoms with Crippen LogP contribution in [-0.4, -0.2) is 25.6 Å². The molecule has 0 aliphatic carbocycles. The molecule has 6 heteroatoms. The van der Waals surface area contributed by atoms with Crippen LogP contribution in [0.4, 0.5) is 5.69 Å². The molecule has 0 atom stereocenters. The van der Waals surface area contributed by atoms with Crippen molar-refractivity contribution in [2.45, 2.75) is 6.61 Å². The number of carbonyl (C=O) groups is 1. The highest BCUT2D eigenvalue weighted by molar-refractivity contribution is 5.80. The van der Waals surface area contributed by atoms with Crippen LogP contribution in [0.25, 0.3) is 0 Å². The Kier molecular flexibility index (Phi) is 7.69. The van der Waals surface area contributed by atoms with Gasteiger partial charge in [0.15, 0.2) is 0 Å². The average Bonchev–Trinajstić information content (AvgIpc) is 2.80. The first-order chi connectivity index (χ1) is 14.7. The Morgan fingerprint density at radius 3 is 2.53 bits per heavy atom. The summed E-state index contributed by atoms with van der Waals surface area (Å²) in [6.07, 6.45) is 0. The lowest BCUT2D eigenvalue weighted by Gasteiger charge is -2.11. The molecule has 0 aliphatic heterocycles. The van der Waals surface area contributed by atoms with Crippen molar-refractivity contribution in [2.24, 2.45) is 0 Å². The van der Waals surface area contributed by atoms with E-state index in [1.807, 2.05) is 66.7 Å². The minimum Gasteiger partial charge on any atom is -0.492 e. The van der Waals surface area contributed by atoms with Crippen molar-refractivity contribution in [1.82, 2.24) is 5.32 Å². The smallest absolute Gasteiger partial charge is 0.239 e. The van der Waals surface area contributed by atoms with Crippen LogP contribution < -0.4 is 20.1 Å². The number of anilines is 1. The van der Waals surface area contributed by atoms with Gasteiger partial charge in [0.25, 0.3) is 0 Å². The zero-order valence-corrected chi connectivity index (χ0v) is 16.5. The predicted octanol–water partition coefficient (Wildman–Crippen LogP) is 3.74. The first kappa shape index (κ1) is 20.7. The van der Waals surface area contributed by atoms with E-state index in [0.717, 1.165) is 17.0 Å². The molecule has 0 unspecified atom stereocenters. The van der Waals surface area contributed by atoms with Crippen LogP contribution in [-0.2, 0) is 11.4 Å². The SMILES string of the molecule is N#Cc1cccc(COc2cccc(NCC(=O)NCCOc3ccccc3)c2)c1. The normalized spacial score (nSPS) is 9.97. The van der Waals surface area contributed by atoms with Gasteiger partial charge in [-0.3, -0.25) is 4.79 Å². The monoisotopic (exact) mass is 401 g/mol. The quantitative estimate of drug-likeness (QED) is 0.506. The Morgan fingerprint density at radius 1 is 0.900 bits per heavy atom. The molecular formula is C24H23N3O3. The van der Waals surface area contributed by atoms with E-state index in [9.17, 15) is 4.79 Å². The number of nitrogens with zero attached hydrogens (tertiary/aromatic N) is 1. The molecular weight excluding hydrogens is 378 g/mol. The Labute approximate surface area is 176 Å². The minimum absolute atomic E-state index is 0.119. The van der Waals surface area contributed by atoms with E-state index in [-0.39, 0.29) is 12.5 Å². The van der Waals surface area contributed by atoms with Gasteiger partial charge in [0, 0.05) is 11.8 Å². The van der Waals surface area contributed by atoms with E-state index in [2.05, 4.69) is 16.7 Å². The van der Waals surface area contributed by atoms with E-state index < -0.39 is 0 Å². The first-order valence-corrected chi connectivity index (χ1v) is 9.63. The largest absolute Gasteiger partial charge is 0.492 e. The number of ether oxygens (including phenoxy) is 2. The molecule has 0 aromatic heterocycles. The summed E-state index contributed by atoms with van der Waals surface area (Å²) >= 11 is 0. The number of para-hydroxylation sites is 1. The van der Waals surface area contributed by atoms with Gasteiger partial charge in [0.2, 0.25) is 5.91 Å². The highest BCUT2D eigenvalue weighted by Gasteiger charge is 2.03. The highest BCUT2D eigenvalue weighted by atomic mass is 16.5. The molecule has 0 heterocycles. The molecule has 0 aliphatic rings. The minimum atomic E-state index is -0.119. The van der Waals surface area contributed by atoms with Crippen molar-refractivity contribution in [1.29, 1.82) is 5.26 Å². The zero-order chi connectivity index (χ0) is 21.0. The Balaban J connectivity index is 1.39. The van der Waals surface area contributed by atoms with Crippen LogP contribution in [0.1, 0.15) is 11.1 Å². The number of amides is 1. The van der Waals surface area contributed by atoms with Crippen molar-refractivity contribution >= 4 is 11.6 Å². The Hall–Kier alpha value is -3.98. The van der Waals surface area contributed by atoms with Crippen LogP contribution in [0.15, 0.2) is 78.9 Å². The number of carbonyl (C=O) groups excluding carboxylic acids is 1. The van der Waals surface area contributed by atoms with E-state index in [1.54, 1.807) is 12.1 Å². The molecule has 0 bridgehead atoms. The van der Waals surface area contributed by atoms with Crippen LogP contribution in [0.2, 0.25) is 0 Å². The summed E-state index contributed by atoms with van der Waals surface area (Å²) in [5, 5.41) is 14.9. The molecule has 0 spiro atoms. The first-order valence-electron chi connectivity index (χ1n) is 9.63. The second kappa shape index (κ2) is 11.1. The summed E-state index contributed by atoms with van der Waals surface area (Å²) < 4.78 is 11.3. The molecule has 2 N–H and O–H groups in total. The summed E-state index contributed by atoms with van der Waals surface area (Å²) in [6.45, 7) is 1.35. The number of rotatable bonds is 10. The maximum atomic E-state index is 12.0. The fraction of sp³-hybridized carbons (Fsp3) is 0.167. The van der Waals surface area contributed by atoms with E-state index in [1.165, 1.54) is 0 Å². The molecule has 3 aromatic carbocycles. The van der Waals surface area contributed by atoms with Crippen molar-refractivity contribution in [3.63, 3.8) is 0 Å². The summed E-state index contributed by atoms with van der Waals surface area (Å²) in [5.41, 5.74) is 2.31. The summed E-state index contributed by atoms with van der Waals surface area (Å²) in [7, 11) is 0. The molecule has 3 aromatic rings. The second-order valence-corrected chi connectivity index (χ2v) is 6.49. The molecule has 6 nitrogen and oxygen atoms in total. The van der Waals surface area contributed by atoms with Crippen LogP contribution in [0.3, 0.4) is 0 Å². The molecule has 0 saturated carbocycles. The molecule has 0 radical (unpaired) electrons. The lowest BCUT2D eigenvalue weighted by atomic mass is 10.1. The highest BCUT2D eigenvalue weighted by Crippen LogP contribution is 2.18. The van der Waals surface area contributed by atoms with Gasteiger partial charge >= 0.3 is 0 Å². The molecule has 0 saturated heterocycles. The Morgan fingerprint density at radius 2 is 1.70 bits per heavy atom. The van der Waals surface area contributed by atoms with Gasteiger partial charge in [-0.1, -0.05) is 36.4 Å². The van der Waals surface area contributed by atoms with Gasteiger partial charge in [0.1, 0.15) is 24.7 Å². The third-order valence-corrected chi connectivity index (χ3v) is 4.18. The maximum absolute atomic E-state index is 12.0. The Bertz CT molecular complexity index is 1000. The predicted molar refractivity (Wildman–Crippen MR) is 115 cm³/mol. The summed E-state index contributed by atoms with van der Waals surface area (Å²) in [5.74, 6) is 1.34. The van der Waals surface area contributed by atoms with Gasteiger partial charge in [-0.15, -0.1) is 0 Å². The van der Waals surface area contributed by atoms with Crippen LogP contribution >= 0.6 is 0 Å². The third-order valence-electron chi connectivity index (χ3n) is 4.18.